The van der Waals surface area contributed by atoms with Gasteiger partial charge in [-0.05, 0) is 223 Å². The maximum Gasteiger partial charge on any atom is 0.234 e. The highest BCUT2D eigenvalue weighted by atomic mass is 32.2. The van der Waals surface area contributed by atoms with E-state index in [4.69, 9.17) is 45.3 Å². The van der Waals surface area contributed by atoms with E-state index in [1.54, 1.807) is 58.8 Å². The Bertz CT molecular complexity index is 6940. The Balaban J connectivity index is 0.000000147. The third kappa shape index (κ3) is 22.5. The lowest BCUT2D eigenvalue weighted by Crippen LogP contribution is -2.23. The smallest absolute Gasteiger partial charge is 0.234 e. The van der Waals surface area contributed by atoms with Crippen molar-refractivity contribution < 1.29 is 42.9 Å². The van der Waals surface area contributed by atoms with Crippen LogP contribution in [0.5, 0.6) is 28.7 Å². The van der Waals surface area contributed by atoms with Crippen LogP contribution < -0.4 is 66.9 Å². The molecule has 37 heteroatoms. The van der Waals surface area contributed by atoms with Crippen molar-refractivity contribution in [2.24, 2.45) is 0 Å². The predicted octanol–water partition coefficient (Wildman–Crippen LogP) is 15.5. The zero-order valence-electron chi connectivity index (χ0n) is 73.0. The molecular formula is C92H96N24O9S4. The summed E-state index contributed by atoms with van der Waals surface area (Å²) in [6, 6.07) is 60.0. The number of carbonyl (C=O) groups is 4. The second-order valence-corrected chi connectivity index (χ2v) is 33.1. The minimum Gasteiger partial charge on any atom is -0.497 e. The number of rotatable bonds is 28. The Morgan fingerprint density at radius 2 is 0.589 bits per heavy atom. The molecule has 0 fully saturated rings. The summed E-state index contributed by atoms with van der Waals surface area (Å²) in [5.41, 5.74) is 15.4. The van der Waals surface area contributed by atoms with Crippen molar-refractivity contribution in [2.75, 3.05) is 79.3 Å². The van der Waals surface area contributed by atoms with Gasteiger partial charge in [-0.1, -0.05) is 110 Å². The highest BCUT2D eigenvalue weighted by molar-refractivity contribution is 8.00. The van der Waals surface area contributed by atoms with Gasteiger partial charge >= 0.3 is 0 Å². The molecule has 8 aromatic heterocycles. The Labute approximate surface area is 757 Å². The third-order valence-electron chi connectivity index (χ3n) is 20.1. The summed E-state index contributed by atoms with van der Waals surface area (Å²) in [4.78, 5) is 68.8. The molecule has 8 heterocycles. The first-order valence-corrected chi connectivity index (χ1v) is 44.6. The molecule has 33 nitrogen and oxygen atoms in total. The van der Waals surface area contributed by atoms with Gasteiger partial charge in [-0.2, -0.15) is 20.4 Å². The van der Waals surface area contributed by atoms with Crippen molar-refractivity contribution in [3.63, 3.8) is 0 Å². The molecule has 16 rings (SSSR count). The molecule has 129 heavy (non-hydrogen) atoms. The monoisotopic (exact) mass is 1810 g/mol. The summed E-state index contributed by atoms with van der Waals surface area (Å²) in [6.07, 6.45) is 0.950. The average molecular weight is 1810 g/mol. The number of nitrogens with one attached hydrogen (secondary N) is 12. The molecular weight excluding hydrogens is 1710 g/mol. The molecule has 0 unspecified atom stereocenters. The molecule has 0 radical (unpaired) electrons. The van der Waals surface area contributed by atoms with E-state index < -0.39 is 0 Å². The van der Waals surface area contributed by atoms with Crippen LogP contribution in [0.25, 0.3) is 66.9 Å². The SMILES string of the molecule is CCOc1ccc(NC(=O)CSc2nc3n[nH]c(C)c3c(=N)n2-c2ccc(OC)cc2)cc1.CCc1ccc(NC(=O)CSc2nc3n[nH]c(C)c3c(=N)n2-c2ccc(OC)cc2)cc1.COc1ccc(-n2c(SCC(=O)Nc3ccc(C(C)C)cc3)nc3n[nH]c(C)c3c2=N)cc1.COc1ccc(-n2c(SCC(=O)Nc3ccc(C)cc3)nc3n[nH]c(C)c3c2=N)cc1. The molecule has 0 spiro atoms. The molecule has 0 aliphatic rings. The van der Waals surface area contributed by atoms with Crippen LogP contribution in [0, 0.1) is 56.3 Å². The quantitative estimate of drug-likeness (QED) is 0.0160. The number of nitrogens with zero attached hydrogens (tertiary/aromatic N) is 12. The van der Waals surface area contributed by atoms with E-state index in [-0.39, 0.29) is 68.6 Å². The fourth-order valence-electron chi connectivity index (χ4n) is 13.3. The maximum atomic E-state index is 12.6. The van der Waals surface area contributed by atoms with E-state index in [0.29, 0.717) is 88.7 Å². The van der Waals surface area contributed by atoms with Gasteiger partial charge in [0.25, 0.3) is 0 Å². The molecule has 662 valence electrons. The number of hydrogen-bond donors (Lipinski definition) is 12. The standard InChI is InChI=1S/C24H26N6O2S.C23H24N6O3S.C23H24N6O2S.C22H22N6O2S/c1-14(2)16-5-7-17(8-6-16)26-20(31)13-33-24-27-23-21(15(3)28-29-23)22(25)30(24)18-9-11-19(32-4)12-10-18;1-4-32-18-9-5-15(6-10-18)25-19(30)13-33-23-26-22-20(14(2)27-28-22)21(24)29(23)16-7-11-17(31-3)12-8-16;1-4-15-5-7-16(8-6-15)25-19(30)13-32-23-26-22-20(14(2)27-28-22)21(24)29(23)17-9-11-18(31-3)12-10-17;1-13-4-6-15(7-5-13)24-18(29)12-31-22-25-21-19(14(2)26-27-21)20(23)28(22)16-8-10-17(30-3)11-9-16/h5-12,14,25H,13H2,1-4H3,(H,26,31)(H,28,29);5-12,24H,4,13H2,1-3H3,(H,25,30)(H,27,28);5-12,24H,4,13H2,1-3H3,(H,25,30)(H,27,28);4-11,23H,12H2,1-3H3,(H,24,29)(H,26,27). The third-order valence-corrected chi connectivity index (χ3v) is 23.8. The second kappa shape index (κ2) is 42.6. The summed E-state index contributed by atoms with van der Waals surface area (Å²) in [5, 5.41) is 79.8. The first-order chi connectivity index (χ1) is 62.3. The van der Waals surface area contributed by atoms with Crippen LogP contribution in [-0.4, -0.2) is 161 Å². The van der Waals surface area contributed by atoms with Crippen LogP contribution in [0.2, 0.25) is 0 Å². The molecule has 12 N–H and O–H groups in total. The molecule has 0 saturated carbocycles. The van der Waals surface area contributed by atoms with Gasteiger partial charge in [0.15, 0.2) is 43.2 Å². The number of aromatic nitrogens is 16. The van der Waals surface area contributed by atoms with Crippen LogP contribution in [0.1, 0.15) is 73.1 Å². The Kier molecular flexibility index (Phi) is 30.4. The highest BCUT2D eigenvalue weighted by Gasteiger charge is 2.23. The van der Waals surface area contributed by atoms with Crippen molar-refractivity contribution in [1.82, 2.24) is 79.0 Å². The fourth-order valence-corrected chi connectivity index (χ4v) is 16.5. The molecule has 4 amide bonds. The Hall–Kier alpha value is -14.6. The van der Waals surface area contributed by atoms with Gasteiger partial charge in [0.1, 0.15) is 50.7 Å². The number of amides is 4. The van der Waals surface area contributed by atoms with Crippen molar-refractivity contribution in [3.05, 3.63) is 256 Å². The largest absolute Gasteiger partial charge is 0.497 e. The predicted molar refractivity (Wildman–Crippen MR) is 504 cm³/mol. The number of benzene rings is 8. The van der Waals surface area contributed by atoms with Crippen molar-refractivity contribution >= 4 is 138 Å². The molecule has 0 saturated heterocycles. The summed E-state index contributed by atoms with van der Waals surface area (Å²) in [7, 11) is 6.42. The lowest BCUT2D eigenvalue weighted by atomic mass is 10.0. The van der Waals surface area contributed by atoms with E-state index in [9.17, 15) is 19.2 Å². The van der Waals surface area contributed by atoms with Gasteiger partial charge in [-0.25, -0.2) is 19.9 Å². The van der Waals surface area contributed by atoms with Crippen molar-refractivity contribution in [1.29, 1.82) is 21.6 Å². The average Bonchev–Trinajstić information content (AvgIpc) is 1.70. The number of aromatic amines is 4. The fraction of sp³-hybridized carbons (Fsp3) is 0.217. The molecule has 0 aliphatic carbocycles. The number of fused-ring (bicyclic) bond motifs is 4. The van der Waals surface area contributed by atoms with Crippen LogP contribution in [0.3, 0.4) is 0 Å². The first kappa shape index (κ1) is 92.1. The van der Waals surface area contributed by atoms with Gasteiger partial charge in [0, 0.05) is 68.3 Å². The zero-order valence-corrected chi connectivity index (χ0v) is 76.2. The maximum absolute atomic E-state index is 12.6. The number of carbonyl (C=O) groups excluding carboxylic acids is 4. The summed E-state index contributed by atoms with van der Waals surface area (Å²) >= 11 is 5.01. The Morgan fingerprint density at radius 1 is 0.349 bits per heavy atom. The van der Waals surface area contributed by atoms with Gasteiger partial charge < -0.3 is 45.0 Å². The first-order valence-electron chi connectivity index (χ1n) is 40.7. The molecule has 16 aromatic rings. The second-order valence-electron chi connectivity index (χ2n) is 29.3. The summed E-state index contributed by atoms with van der Waals surface area (Å²) < 4.78 is 33.3. The molecule has 0 bridgehead atoms. The zero-order chi connectivity index (χ0) is 91.5. The van der Waals surface area contributed by atoms with Crippen LogP contribution in [0.15, 0.2) is 215 Å². The van der Waals surface area contributed by atoms with Gasteiger partial charge in [0.2, 0.25) is 23.6 Å². The lowest BCUT2D eigenvalue weighted by molar-refractivity contribution is -0.114. The minimum atomic E-state index is -0.183. The topological polar surface area (TPSA) is 444 Å². The number of ether oxygens (including phenoxy) is 5. The van der Waals surface area contributed by atoms with E-state index in [1.807, 2.05) is 224 Å². The van der Waals surface area contributed by atoms with Crippen LogP contribution >= 0.6 is 47.0 Å². The summed E-state index contributed by atoms with van der Waals surface area (Å²) in [6.45, 7) is 18.3. The summed E-state index contributed by atoms with van der Waals surface area (Å²) in [5.74, 6) is 3.97. The number of thioether (sulfide) groups is 4. The molecule has 0 atom stereocenters. The van der Waals surface area contributed by atoms with Crippen LogP contribution in [0.4, 0.5) is 22.7 Å². The van der Waals surface area contributed by atoms with Crippen LogP contribution in [-0.2, 0) is 25.6 Å². The van der Waals surface area contributed by atoms with Gasteiger partial charge in [-0.15, -0.1) is 0 Å². The number of methoxy groups -OCH3 is 4. The van der Waals surface area contributed by atoms with Gasteiger partial charge in [0.05, 0.1) is 79.6 Å². The normalized spacial score (nSPS) is 11.0. The van der Waals surface area contributed by atoms with E-state index in [2.05, 4.69) is 103 Å². The van der Waals surface area contributed by atoms with Crippen molar-refractivity contribution in [2.45, 2.75) is 95.3 Å². The highest BCUT2D eigenvalue weighted by Crippen LogP contribution is 2.31. The van der Waals surface area contributed by atoms with E-state index >= 15 is 0 Å². The molecule has 0 aliphatic heterocycles. The molecule has 8 aromatic carbocycles. The number of anilines is 4. The number of aryl methyl sites for hydroxylation is 6. The number of hydrogen-bond acceptors (Lipinski definition) is 25. The van der Waals surface area contributed by atoms with E-state index in [0.717, 1.165) is 97.6 Å². The Morgan fingerprint density at radius 3 is 0.829 bits per heavy atom. The van der Waals surface area contributed by atoms with Crippen molar-refractivity contribution in [3.8, 4) is 51.5 Å². The van der Waals surface area contributed by atoms with E-state index in [1.165, 1.54) is 58.2 Å². The minimum absolute atomic E-state index is 0.116. The van der Waals surface area contributed by atoms with Gasteiger partial charge in [-0.3, -0.25) is 79.5 Å². The number of H-pyrrole nitrogens is 4. The lowest BCUT2D eigenvalue weighted by Gasteiger charge is -2.14.